The Balaban J connectivity index is 1.89. The van der Waals surface area contributed by atoms with Gasteiger partial charge in [0.15, 0.2) is 0 Å². The molecule has 0 bridgehead atoms. The molecule has 2 N–H and O–H groups in total. The van der Waals surface area contributed by atoms with Crippen molar-refractivity contribution in [3.63, 3.8) is 0 Å². The van der Waals surface area contributed by atoms with E-state index in [9.17, 15) is 4.79 Å². The molecule has 0 aliphatic heterocycles. The molecular weight excluding hydrogens is 276 g/mol. The highest BCUT2D eigenvalue weighted by atomic mass is 35.5. The third-order valence-corrected chi connectivity index (χ3v) is 4.00. The van der Waals surface area contributed by atoms with Crippen molar-refractivity contribution in [1.82, 2.24) is 15.2 Å². The second-order valence-corrected chi connectivity index (χ2v) is 5.67. The largest absolute Gasteiger partial charge is 0.372 e. The van der Waals surface area contributed by atoms with Crippen LogP contribution in [-0.4, -0.2) is 48.5 Å². The third-order valence-electron chi connectivity index (χ3n) is 3.72. The summed E-state index contributed by atoms with van der Waals surface area (Å²) in [4.78, 5) is 18.5. The molecule has 2 rings (SSSR count). The van der Waals surface area contributed by atoms with Crippen LogP contribution in [0.5, 0.6) is 0 Å². The van der Waals surface area contributed by atoms with Gasteiger partial charge in [-0.15, -0.1) is 0 Å². The number of carbonyl (C=O) groups is 1. The van der Waals surface area contributed by atoms with Crippen molar-refractivity contribution < 1.29 is 4.79 Å². The summed E-state index contributed by atoms with van der Waals surface area (Å²) < 4.78 is 0. The summed E-state index contributed by atoms with van der Waals surface area (Å²) in [5, 5.41) is 6.24. The van der Waals surface area contributed by atoms with Gasteiger partial charge >= 0.3 is 0 Å². The molecule has 1 amide bonds. The van der Waals surface area contributed by atoms with Crippen LogP contribution < -0.4 is 10.6 Å². The Morgan fingerprint density at radius 2 is 2.30 bits per heavy atom. The van der Waals surface area contributed by atoms with Crippen molar-refractivity contribution in [3.05, 3.63) is 22.8 Å². The van der Waals surface area contributed by atoms with E-state index in [2.05, 4.69) is 34.5 Å². The summed E-state index contributed by atoms with van der Waals surface area (Å²) in [6.45, 7) is 2.74. The number of hydrogen-bond acceptors (Lipinski definition) is 4. The maximum atomic E-state index is 12.1. The van der Waals surface area contributed by atoms with Crippen LogP contribution in [0.25, 0.3) is 0 Å². The molecule has 1 atom stereocenters. The van der Waals surface area contributed by atoms with Gasteiger partial charge in [0.1, 0.15) is 5.82 Å². The van der Waals surface area contributed by atoms with Gasteiger partial charge in [-0.1, -0.05) is 11.6 Å². The molecule has 20 heavy (non-hydrogen) atoms. The summed E-state index contributed by atoms with van der Waals surface area (Å²) in [5.41, 5.74) is 0.482. The van der Waals surface area contributed by atoms with Crippen molar-refractivity contribution in [2.24, 2.45) is 0 Å². The molecule has 1 heterocycles. The third kappa shape index (κ3) is 3.61. The minimum Gasteiger partial charge on any atom is -0.372 e. The number of amides is 1. The molecule has 0 radical (unpaired) electrons. The van der Waals surface area contributed by atoms with Crippen molar-refractivity contribution in [2.45, 2.75) is 31.8 Å². The van der Waals surface area contributed by atoms with Crippen LogP contribution in [0.15, 0.2) is 12.3 Å². The van der Waals surface area contributed by atoms with E-state index in [4.69, 9.17) is 11.6 Å². The second-order valence-electron chi connectivity index (χ2n) is 5.26. The molecule has 110 valence electrons. The summed E-state index contributed by atoms with van der Waals surface area (Å²) in [6, 6.07) is 2.64. The number of halogens is 1. The average molecular weight is 297 g/mol. The Kier molecular flexibility index (Phi) is 4.83. The Bertz CT molecular complexity index is 490. The van der Waals surface area contributed by atoms with Crippen molar-refractivity contribution in [1.29, 1.82) is 0 Å². The van der Waals surface area contributed by atoms with Gasteiger partial charge in [0.2, 0.25) is 0 Å². The number of carbonyl (C=O) groups excluding carboxylic acids is 1. The normalized spacial score (nSPS) is 16.1. The van der Waals surface area contributed by atoms with E-state index >= 15 is 0 Å². The van der Waals surface area contributed by atoms with E-state index in [0.29, 0.717) is 35.0 Å². The van der Waals surface area contributed by atoms with Crippen LogP contribution in [-0.2, 0) is 0 Å². The summed E-state index contributed by atoms with van der Waals surface area (Å²) in [7, 11) is 3.85. The first-order chi connectivity index (χ1) is 9.52. The highest BCUT2D eigenvalue weighted by molar-refractivity contribution is 6.33. The number of anilines is 1. The molecule has 1 unspecified atom stereocenters. The SMILES string of the molecule is CNc1ncc(C(=O)NCC(C)N(C)C2CC2)cc1Cl. The number of nitrogens with one attached hydrogen (secondary N) is 2. The van der Waals surface area contributed by atoms with E-state index in [-0.39, 0.29) is 5.91 Å². The number of rotatable bonds is 6. The molecule has 1 aromatic rings. The highest BCUT2D eigenvalue weighted by Crippen LogP contribution is 2.26. The molecule has 1 aliphatic carbocycles. The predicted molar refractivity (Wildman–Crippen MR) is 81.4 cm³/mol. The quantitative estimate of drug-likeness (QED) is 0.843. The lowest BCUT2D eigenvalue weighted by Crippen LogP contribution is -2.41. The minimum absolute atomic E-state index is 0.141. The van der Waals surface area contributed by atoms with E-state index < -0.39 is 0 Å². The predicted octanol–water partition coefficient (Wildman–Crippen LogP) is 1.99. The molecule has 1 aromatic heterocycles. The van der Waals surface area contributed by atoms with Gasteiger partial charge in [0.25, 0.3) is 5.91 Å². The van der Waals surface area contributed by atoms with Crippen molar-refractivity contribution in [2.75, 3.05) is 26.0 Å². The van der Waals surface area contributed by atoms with Crippen LogP contribution in [0.1, 0.15) is 30.1 Å². The van der Waals surface area contributed by atoms with E-state index in [1.54, 1.807) is 13.1 Å². The molecule has 0 spiro atoms. The first-order valence-electron chi connectivity index (χ1n) is 6.86. The van der Waals surface area contributed by atoms with Gasteiger partial charge in [-0.25, -0.2) is 4.98 Å². The smallest absolute Gasteiger partial charge is 0.252 e. The second kappa shape index (κ2) is 6.41. The van der Waals surface area contributed by atoms with Crippen molar-refractivity contribution in [3.8, 4) is 0 Å². The standard InChI is InChI=1S/C14H21ClN4O/c1-9(19(3)11-4-5-11)7-18-14(20)10-6-12(15)13(16-2)17-8-10/h6,8-9,11H,4-5,7H2,1-3H3,(H,16,17)(H,18,20). The zero-order chi connectivity index (χ0) is 14.7. The lowest BCUT2D eigenvalue weighted by molar-refractivity contribution is 0.0939. The molecule has 0 saturated heterocycles. The number of hydrogen-bond donors (Lipinski definition) is 2. The zero-order valence-corrected chi connectivity index (χ0v) is 12.9. The van der Waals surface area contributed by atoms with Crippen molar-refractivity contribution >= 4 is 23.3 Å². The van der Waals surface area contributed by atoms with Gasteiger partial charge in [0, 0.05) is 31.9 Å². The maximum Gasteiger partial charge on any atom is 0.252 e. The monoisotopic (exact) mass is 296 g/mol. The Morgan fingerprint density at radius 3 is 2.85 bits per heavy atom. The zero-order valence-electron chi connectivity index (χ0n) is 12.1. The van der Waals surface area contributed by atoms with Gasteiger partial charge in [0.05, 0.1) is 10.6 Å². The summed E-state index contributed by atoms with van der Waals surface area (Å²) >= 11 is 6.02. The highest BCUT2D eigenvalue weighted by Gasteiger charge is 2.29. The van der Waals surface area contributed by atoms with Gasteiger partial charge < -0.3 is 10.6 Å². The van der Waals surface area contributed by atoms with Gasteiger partial charge in [-0.05, 0) is 32.9 Å². The van der Waals surface area contributed by atoms with Crippen LogP contribution in [0, 0.1) is 0 Å². The molecule has 1 fully saturated rings. The number of likely N-dealkylation sites (N-methyl/N-ethyl adjacent to an activating group) is 1. The summed E-state index contributed by atoms with van der Waals surface area (Å²) in [6.07, 6.45) is 4.06. The number of nitrogens with zero attached hydrogens (tertiary/aromatic N) is 2. The minimum atomic E-state index is -0.141. The average Bonchev–Trinajstić information content (AvgIpc) is 3.27. The van der Waals surface area contributed by atoms with Crippen LogP contribution in [0.4, 0.5) is 5.82 Å². The fourth-order valence-electron chi connectivity index (χ4n) is 2.07. The van der Waals surface area contributed by atoms with E-state index in [1.807, 2.05) is 0 Å². The fourth-order valence-corrected chi connectivity index (χ4v) is 2.34. The van der Waals surface area contributed by atoms with Gasteiger partial charge in [-0.2, -0.15) is 0 Å². The molecular formula is C14H21ClN4O. The number of pyridine rings is 1. The van der Waals surface area contributed by atoms with Gasteiger partial charge in [-0.3, -0.25) is 9.69 Å². The molecule has 5 nitrogen and oxygen atoms in total. The molecule has 6 heteroatoms. The lowest BCUT2D eigenvalue weighted by atomic mass is 10.2. The first-order valence-corrected chi connectivity index (χ1v) is 7.24. The maximum absolute atomic E-state index is 12.1. The molecule has 1 saturated carbocycles. The Hall–Kier alpha value is -1.33. The summed E-state index contributed by atoms with van der Waals surface area (Å²) in [5.74, 6) is 0.433. The van der Waals surface area contributed by atoms with E-state index in [0.717, 1.165) is 0 Å². The van der Waals surface area contributed by atoms with Crippen LogP contribution >= 0.6 is 11.6 Å². The Labute approximate surface area is 124 Å². The lowest BCUT2D eigenvalue weighted by Gasteiger charge is -2.24. The topological polar surface area (TPSA) is 57.3 Å². The molecule has 0 aromatic carbocycles. The van der Waals surface area contributed by atoms with Crippen LogP contribution in [0.3, 0.4) is 0 Å². The molecule has 1 aliphatic rings. The van der Waals surface area contributed by atoms with Crippen LogP contribution in [0.2, 0.25) is 5.02 Å². The first kappa shape index (κ1) is 15.1. The number of aromatic nitrogens is 1. The fraction of sp³-hybridized carbons (Fsp3) is 0.571. The Morgan fingerprint density at radius 1 is 1.60 bits per heavy atom. The van der Waals surface area contributed by atoms with E-state index in [1.165, 1.54) is 19.0 Å².